The summed E-state index contributed by atoms with van der Waals surface area (Å²) in [6.07, 6.45) is 13.9. The number of rotatable bonds is 21. The van der Waals surface area contributed by atoms with Gasteiger partial charge in [-0.3, -0.25) is 19.4 Å². The fourth-order valence-electron chi connectivity index (χ4n) is 12.2. The lowest BCUT2D eigenvalue weighted by atomic mass is 9.82. The van der Waals surface area contributed by atoms with E-state index in [1.54, 1.807) is 61.8 Å². The molecule has 11 heterocycles. The molecule has 5 aliphatic rings. The Kier molecular flexibility index (Phi) is 22.5. The van der Waals surface area contributed by atoms with Gasteiger partial charge in [-0.1, -0.05) is 99.4 Å². The van der Waals surface area contributed by atoms with E-state index in [4.69, 9.17) is 26.7 Å². The summed E-state index contributed by atoms with van der Waals surface area (Å²) in [5.74, 6) is -2.93. The monoisotopic (exact) mass is 1460 g/mol. The Balaban J connectivity index is 0.000000154. The van der Waals surface area contributed by atoms with Gasteiger partial charge in [0, 0.05) is 48.3 Å². The lowest BCUT2D eigenvalue weighted by molar-refractivity contribution is -0.116. The lowest BCUT2D eigenvalue weighted by Crippen LogP contribution is -2.56. The minimum atomic E-state index is -2.70. The molecule has 6 atom stereocenters. The molecular weight excluding hydrogens is 1390 g/mol. The molecule has 38 heteroatoms. The summed E-state index contributed by atoms with van der Waals surface area (Å²) in [7, 11) is 1.60. The van der Waals surface area contributed by atoms with Crippen molar-refractivity contribution >= 4 is 128 Å². The first-order chi connectivity index (χ1) is 47.3. The number of hydrogen-bond donors (Lipinski definition) is 6. The number of ether oxygens (including phenoxy) is 2. The molecule has 98 heavy (non-hydrogen) atoms. The van der Waals surface area contributed by atoms with Gasteiger partial charge in [-0.25, -0.2) is 27.5 Å². The molecule has 14 rings (SSSR count). The van der Waals surface area contributed by atoms with E-state index in [0.29, 0.717) is 96.2 Å². The van der Waals surface area contributed by atoms with Crippen LogP contribution >= 0.6 is 68.0 Å². The van der Waals surface area contributed by atoms with Crippen LogP contribution in [0.15, 0.2) is 54.7 Å². The molecule has 5 fully saturated rings. The highest BCUT2D eigenvalue weighted by atomic mass is 32.1. The lowest BCUT2D eigenvalue weighted by Gasteiger charge is -2.39. The molecule has 0 bridgehead atoms. The van der Waals surface area contributed by atoms with E-state index in [1.807, 2.05) is 0 Å². The highest BCUT2D eigenvalue weighted by Gasteiger charge is 2.45. The number of halogens is 4. The molecule has 3 amide bonds. The smallest absolute Gasteiger partial charge is 0.282 e. The largest absolute Gasteiger partial charge is 0.490 e. The van der Waals surface area contributed by atoms with Crippen molar-refractivity contribution in [1.82, 2.24) is 76.1 Å². The normalized spacial score (nSPS) is 20.9. The van der Waals surface area contributed by atoms with Crippen LogP contribution in [0.25, 0.3) is 0 Å². The Bertz CT molecular complexity index is 4090. The molecule has 2 aliphatic heterocycles. The van der Waals surface area contributed by atoms with Crippen molar-refractivity contribution in [2.75, 3.05) is 89.5 Å². The standard InChI is InChI=1S/C30H33F2N9O4S2.C20H22F2N8OS2.C10H14N6S2/c1-44-10-11-45-22-9-8-20(33-15-22)13-24(42)35-28-39-37-26(46-28)18-4-2-5-19(12-18)27-38-40-29(47-27)36-25(43)14-21-6-3-7-23(34-21)41-16-30(31,32)17-41;21-20(22)9-30(10-20)14-6-2-5-13(24-14)8-15(31)25-19-29-27-17(33-19)12-4-1-3-11(7-12)16-26-28-18(23)32-16;11-9-15-13-7(17-9)5-2-1-3-6(4-5)8-14-16-10(12)18-8/h3,6-9,15,18-19H,2,4-5,10-14,16-17H2,1H3,(H,35,39,42)(H,36,40,43);2,5-6,11-12H,1,3-4,7-10H2,(H2,23,28)(H,25,29,31);5-6H,1-4H2,(H2,11,15)(H2,12,16)/t18-,19-;11-,12-;5-,6-/m000/s1. The number of nitrogens with zero attached hydrogens (tertiary/aromatic N) is 17. The number of nitrogens with two attached hydrogens (primary N) is 3. The zero-order chi connectivity index (χ0) is 68.3. The third-order valence-electron chi connectivity index (χ3n) is 16.8. The fourth-order valence-corrected chi connectivity index (χ4v) is 17.2. The molecule has 9 aromatic heterocycles. The first-order valence-electron chi connectivity index (χ1n) is 31.7. The van der Waals surface area contributed by atoms with Crippen molar-refractivity contribution in [2.24, 2.45) is 0 Å². The number of aromatic nitrogens is 15. The minimum Gasteiger partial charge on any atom is -0.490 e. The number of nitrogen functional groups attached to an aromatic ring is 3. The van der Waals surface area contributed by atoms with Gasteiger partial charge in [-0.2, -0.15) is 0 Å². The van der Waals surface area contributed by atoms with Crippen molar-refractivity contribution in [3.8, 4) is 5.75 Å². The summed E-state index contributed by atoms with van der Waals surface area (Å²) in [4.78, 5) is 53.8. The van der Waals surface area contributed by atoms with Gasteiger partial charge < -0.3 is 52.4 Å². The van der Waals surface area contributed by atoms with E-state index < -0.39 is 11.8 Å². The van der Waals surface area contributed by atoms with Crippen LogP contribution in [0.1, 0.15) is 160 Å². The van der Waals surface area contributed by atoms with E-state index in [9.17, 15) is 31.9 Å². The van der Waals surface area contributed by atoms with Crippen molar-refractivity contribution in [3.05, 3.63) is 102 Å². The van der Waals surface area contributed by atoms with Crippen LogP contribution in [0.4, 0.5) is 60.0 Å². The zero-order valence-electron chi connectivity index (χ0n) is 52.8. The predicted octanol–water partition coefficient (Wildman–Crippen LogP) is 9.90. The molecule has 0 spiro atoms. The average Bonchev–Trinajstić information content (AvgIpc) is 1.05. The fraction of sp³-hybridized carbons (Fsp3) is 0.500. The van der Waals surface area contributed by atoms with Gasteiger partial charge in [-0.05, 0) is 94.2 Å². The maximum absolute atomic E-state index is 13.2. The van der Waals surface area contributed by atoms with E-state index in [1.165, 1.54) is 84.2 Å². The van der Waals surface area contributed by atoms with Gasteiger partial charge in [0.05, 0.1) is 69.6 Å². The van der Waals surface area contributed by atoms with Gasteiger partial charge >= 0.3 is 0 Å². The summed E-state index contributed by atoms with van der Waals surface area (Å²) in [6, 6.07) is 13.7. The number of pyridine rings is 3. The molecule has 28 nitrogen and oxygen atoms in total. The summed E-state index contributed by atoms with van der Waals surface area (Å²) in [5, 5.41) is 66.7. The van der Waals surface area contributed by atoms with Crippen molar-refractivity contribution in [1.29, 1.82) is 0 Å². The van der Waals surface area contributed by atoms with E-state index in [0.717, 1.165) is 101 Å². The Hall–Kier alpha value is -8.30. The van der Waals surface area contributed by atoms with Gasteiger partial charge in [0.2, 0.25) is 48.5 Å². The molecule has 0 aromatic carbocycles. The van der Waals surface area contributed by atoms with Gasteiger partial charge in [0.1, 0.15) is 54.0 Å². The van der Waals surface area contributed by atoms with Crippen LogP contribution in [-0.2, 0) is 38.4 Å². The molecule has 3 saturated carbocycles. The van der Waals surface area contributed by atoms with Crippen LogP contribution < -0.4 is 47.7 Å². The van der Waals surface area contributed by atoms with Crippen molar-refractivity contribution in [2.45, 2.75) is 144 Å². The first kappa shape index (κ1) is 69.6. The molecule has 9 N–H and O–H groups in total. The number of carbonyl (C=O) groups is 3. The van der Waals surface area contributed by atoms with E-state index in [-0.39, 0.29) is 80.9 Å². The van der Waals surface area contributed by atoms with Gasteiger partial charge in [0.25, 0.3) is 11.8 Å². The molecule has 0 radical (unpaired) electrons. The maximum Gasteiger partial charge on any atom is 0.282 e. The van der Waals surface area contributed by atoms with E-state index in [2.05, 4.69) is 92.1 Å². The predicted molar refractivity (Wildman–Crippen MR) is 366 cm³/mol. The molecule has 0 unspecified atom stereocenters. The Labute approximate surface area is 582 Å². The van der Waals surface area contributed by atoms with Crippen molar-refractivity contribution in [3.63, 3.8) is 0 Å². The van der Waals surface area contributed by atoms with Gasteiger partial charge in [-0.15, -0.1) is 61.2 Å². The maximum atomic E-state index is 13.2. The third kappa shape index (κ3) is 18.9. The number of nitrogens with one attached hydrogen (secondary N) is 3. The average molecular weight is 1460 g/mol. The molecule has 3 aliphatic carbocycles. The number of methoxy groups -OCH3 is 1. The molecular formula is C60H69F4N23O5S6. The quantitative estimate of drug-likeness (QED) is 0.0288. The Morgan fingerprint density at radius 2 is 0.816 bits per heavy atom. The number of carbonyl (C=O) groups excluding carboxylic acids is 3. The van der Waals surface area contributed by atoms with Crippen LogP contribution in [0, 0.1) is 0 Å². The molecule has 9 aromatic rings. The topological polar surface area (TPSA) is 384 Å². The van der Waals surface area contributed by atoms with Crippen LogP contribution in [0.2, 0.25) is 0 Å². The Morgan fingerprint density at radius 1 is 0.469 bits per heavy atom. The number of anilines is 8. The highest BCUT2D eigenvalue weighted by molar-refractivity contribution is 7.16. The summed E-state index contributed by atoms with van der Waals surface area (Å²) in [6.45, 7) is -0.546. The summed E-state index contributed by atoms with van der Waals surface area (Å²) < 4.78 is 63.2. The van der Waals surface area contributed by atoms with Crippen molar-refractivity contribution < 1.29 is 41.4 Å². The van der Waals surface area contributed by atoms with E-state index >= 15 is 0 Å². The second-order valence-corrected chi connectivity index (χ2v) is 30.5. The second kappa shape index (κ2) is 31.7. The Morgan fingerprint density at radius 3 is 1.13 bits per heavy atom. The zero-order valence-corrected chi connectivity index (χ0v) is 57.7. The summed E-state index contributed by atoms with van der Waals surface area (Å²) in [5.41, 5.74) is 18.6. The van der Waals surface area contributed by atoms with Crippen LogP contribution in [0.5, 0.6) is 5.75 Å². The number of hydrogen-bond acceptors (Lipinski definition) is 31. The SMILES string of the molecule is COCCOc1ccc(CC(=O)Nc2nnc([C@H]3CCC[C@H](c4nnc(NC(=O)Cc5cccc(N6CC(F)(F)C6)n5)s4)C3)s2)nc1.Nc1nnc([C@H]2CCC[C@H](c3nnc(N)s3)C2)s1.Nc1nnc([C@H]2CCC[C@H](c3nnc(NC(=O)Cc4cccc(N5CC(F)(F)C5)n4)s3)C2)s1. The number of alkyl halides is 4. The third-order valence-corrected chi connectivity index (χ3v) is 22.6. The second-order valence-electron chi connectivity index (χ2n) is 24.4. The van der Waals surface area contributed by atoms with Gasteiger partial charge in [0.15, 0.2) is 0 Å². The highest BCUT2D eigenvalue weighted by Crippen LogP contribution is 2.47. The summed E-state index contributed by atoms with van der Waals surface area (Å²) >= 11 is 8.51. The van der Waals surface area contributed by atoms with Crippen LogP contribution in [-0.4, -0.2) is 152 Å². The van der Waals surface area contributed by atoms with Crippen LogP contribution in [0.3, 0.4) is 0 Å². The minimum absolute atomic E-state index is 0.0124. The molecule has 2 saturated heterocycles. The molecule has 518 valence electrons. The first-order valence-corrected chi connectivity index (χ1v) is 36.6. The number of amides is 3.